The van der Waals surface area contributed by atoms with Crippen molar-refractivity contribution in [3.8, 4) is 0 Å². The summed E-state index contributed by atoms with van der Waals surface area (Å²) in [6, 6.07) is 14.7. The maximum absolute atomic E-state index is 14.8. The molecule has 1 fully saturated rings. The van der Waals surface area contributed by atoms with Crippen molar-refractivity contribution < 1.29 is 13.9 Å². The van der Waals surface area contributed by atoms with Crippen molar-refractivity contribution in [2.24, 2.45) is 0 Å². The molecule has 0 saturated carbocycles. The molecule has 7 nitrogen and oxygen atoms in total. The van der Waals surface area contributed by atoms with E-state index < -0.39 is 5.82 Å². The fourth-order valence-electron chi connectivity index (χ4n) is 5.01. The lowest BCUT2D eigenvalue weighted by Crippen LogP contribution is -2.22. The summed E-state index contributed by atoms with van der Waals surface area (Å²) < 4.78 is 22.9. The molecule has 2 aromatic carbocycles. The van der Waals surface area contributed by atoms with E-state index in [0.717, 1.165) is 66.1 Å². The molecule has 214 valence electrons. The van der Waals surface area contributed by atoms with Crippen LogP contribution in [0.5, 0.6) is 0 Å². The molecule has 1 aliphatic heterocycles. The third-order valence-corrected chi connectivity index (χ3v) is 8.46. The predicted molar refractivity (Wildman–Crippen MR) is 162 cm³/mol. The van der Waals surface area contributed by atoms with Gasteiger partial charge in [0, 0.05) is 36.7 Å². The van der Waals surface area contributed by atoms with Crippen LogP contribution in [0.3, 0.4) is 0 Å². The first-order valence-corrected chi connectivity index (χ1v) is 15.0. The van der Waals surface area contributed by atoms with Gasteiger partial charge >= 0.3 is 0 Å². The number of hydrogen-bond acceptors (Lipinski definition) is 6. The topological polar surface area (TPSA) is 72.3 Å². The van der Waals surface area contributed by atoms with Crippen molar-refractivity contribution in [1.29, 1.82) is 0 Å². The van der Waals surface area contributed by atoms with Crippen LogP contribution in [0.4, 0.5) is 4.39 Å². The molecule has 1 atom stereocenters. The van der Waals surface area contributed by atoms with Crippen molar-refractivity contribution in [1.82, 2.24) is 25.0 Å². The van der Waals surface area contributed by atoms with E-state index in [4.69, 9.17) is 9.84 Å². The SMILES string of the molecule is CCN(CC)Cc1ccc(/C=C/c2nn(C3CCCCO3)c3cc(Sc4c(F)cccc4C(=O)NC)ccc23)nc1. The van der Waals surface area contributed by atoms with Crippen molar-refractivity contribution in [2.75, 3.05) is 26.7 Å². The van der Waals surface area contributed by atoms with Gasteiger partial charge in [0.15, 0.2) is 6.23 Å². The average molecular weight is 574 g/mol. The first kappa shape index (κ1) is 29.0. The summed E-state index contributed by atoms with van der Waals surface area (Å²) in [5.41, 5.74) is 4.08. The number of pyridine rings is 1. The predicted octanol–water partition coefficient (Wildman–Crippen LogP) is 6.79. The first-order valence-electron chi connectivity index (χ1n) is 14.2. The van der Waals surface area contributed by atoms with E-state index in [0.29, 0.717) is 17.1 Å². The summed E-state index contributed by atoms with van der Waals surface area (Å²) in [6.45, 7) is 7.93. The lowest BCUT2D eigenvalue weighted by Gasteiger charge is -2.23. The number of nitrogens with zero attached hydrogens (tertiary/aromatic N) is 4. The number of carbonyl (C=O) groups excluding carboxylic acids is 1. The van der Waals surface area contributed by atoms with Gasteiger partial charge in [0.05, 0.1) is 27.4 Å². The lowest BCUT2D eigenvalue weighted by molar-refractivity contribution is -0.0367. The Morgan fingerprint density at radius 3 is 2.73 bits per heavy atom. The summed E-state index contributed by atoms with van der Waals surface area (Å²) in [6.07, 6.45) is 8.72. The highest BCUT2D eigenvalue weighted by Crippen LogP contribution is 2.36. The number of ether oxygens (including phenoxy) is 1. The number of amides is 1. The van der Waals surface area contributed by atoms with E-state index >= 15 is 0 Å². The van der Waals surface area contributed by atoms with Gasteiger partial charge in [0.2, 0.25) is 0 Å². The molecular weight excluding hydrogens is 537 g/mol. The Hall–Kier alpha value is -3.53. The van der Waals surface area contributed by atoms with Crippen molar-refractivity contribution >= 4 is 40.7 Å². The second-order valence-corrected chi connectivity index (χ2v) is 11.1. The number of hydrogen-bond donors (Lipinski definition) is 1. The highest BCUT2D eigenvalue weighted by atomic mass is 32.2. The fraction of sp³-hybridized carbons (Fsp3) is 0.344. The minimum atomic E-state index is -0.431. The van der Waals surface area contributed by atoms with Crippen LogP contribution < -0.4 is 5.32 Å². The Kier molecular flexibility index (Phi) is 9.49. The Balaban J connectivity index is 1.47. The molecule has 1 saturated heterocycles. The van der Waals surface area contributed by atoms with Crippen LogP contribution in [0, 0.1) is 5.82 Å². The summed E-state index contributed by atoms with van der Waals surface area (Å²) in [7, 11) is 1.54. The molecule has 3 heterocycles. The van der Waals surface area contributed by atoms with Crippen LogP contribution in [0.25, 0.3) is 23.1 Å². The quantitative estimate of drug-likeness (QED) is 0.225. The summed E-state index contributed by atoms with van der Waals surface area (Å²) in [5, 5.41) is 8.52. The smallest absolute Gasteiger partial charge is 0.252 e. The van der Waals surface area contributed by atoms with E-state index in [2.05, 4.69) is 35.1 Å². The minimum absolute atomic E-state index is 0.166. The van der Waals surface area contributed by atoms with Gasteiger partial charge in [-0.25, -0.2) is 9.07 Å². The lowest BCUT2D eigenvalue weighted by atomic mass is 10.1. The summed E-state index contributed by atoms with van der Waals surface area (Å²) >= 11 is 1.23. The number of nitrogens with one attached hydrogen (secondary N) is 1. The average Bonchev–Trinajstić information content (AvgIpc) is 3.38. The number of aromatic nitrogens is 3. The molecule has 1 amide bonds. The Morgan fingerprint density at radius 1 is 1.17 bits per heavy atom. The molecule has 1 N–H and O–H groups in total. The van der Waals surface area contributed by atoms with Crippen molar-refractivity contribution in [3.05, 3.63) is 83.1 Å². The summed E-state index contributed by atoms with van der Waals surface area (Å²) in [4.78, 5) is 20.5. The van der Waals surface area contributed by atoms with Crippen LogP contribution in [-0.2, 0) is 11.3 Å². The maximum atomic E-state index is 14.8. The van der Waals surface area contributed by atoms with E-state index in [1.165, 1.54) is 23.4 Å². The van der Waals surface area contributed by atoms with E-state index in [-0.39, 0.29) is 12.1 Å². The van der Waals surface area contributed by atoms with Crippen LogP contribution >= 0.6 is 11.8 Å². The normalized spacial score (nSPS) is 15.7. The molecule has 0 radical (unpaired) electrons. The molecular formula is C32H36FN5O2S. The third-order valence-electron chi connectivity index (χ3n) is 7.35. The van der Waals surface area contributed by atoms with Gasteiger partial charge in [-0.15, -0.1) is 0 Å². The second kappa shape index (κ2) is 13.4. The van der Waals surface area contributed by atoms with E-state index in [1.54, 1.807) is 19.2 Å². The first-order chi connectivity index (χ1) is 20.0. The van der Waals surface area contributed by atoms with Crippen LogP contribution in [0.15, 0.2) is 64.5 Å². The molecule has 5 rings (SSSR count). The van der Waals surface area contributed by atoms with Crippen LogP contribution in [-0.4, -0.2) is 52.3 Å². The maximum Gasteiger partial charge on any atom is 0.252 e. The molecule has 0 bridgehead atoms. The number of carbonyl (C=O) groups is 1. The highest BCUT2D eigenvalue weighted by Gasteiger charge is 2.22. The van der Waals surface area contributed by atoms with Gasteiger partial charge in [-0.05, 0) is 86.5 Å². The monoisotopic (exact) mass is 573 g/mol. The zero-order valence-electron chi connectivity index (χ0n) is 23.8. The van der Waals surface area contributed by atoms with Crippen molar-refractivity contribution in [2.45, 2.75) is 55.7 Å². The van der Waals surface area contributed by atoms with Crippen molar-refractivity contribution in [3.63, 3.8) is 0 Å². The molecule has 1 unspecified atom stereocenters. The largest absolute Gasteiger partial charge is 0.356 e. The van der Waals surface area contributed by atoms with Crippen LogP contribution in [0.2, 0.25) is 0 Å². The number of halogens is 1. The number of benzene rings is 2. The van der Waals surface area contributed by atoms with Gasteiger partial charge < -0.3 is 10.1 Å². The van der Waals surface area contributed by atoms with Gasteiger partial charge in [-0.2, -0.15) is 5.10 Å². The van der Waals surface area contributed by atoms with Gasteiger partial charge in [-0.3, -0.25) is 14.7 Å². The molecule has 0 spiro atoms. The highest BCUT2D eigenvalue weighted by molar-refractivity contribution is 7.99. The number of fused-ring (bicyclic) bond motifs is 1. The molecule has 41 heavy (non-hydrogen) atoms. The summed E-state index contributed by atoms with van der Waals surface area (Å²) in [5.74, 6) is -0.754. The fourth-order valence-corrected chi connectivity index (χ4v) is 5.98. The van der Waals surface area contributed by atoms with Gasteiger partial charge in [0.25, 0.3) is 5.91 Å². The zero-order chi connectivity index (χ0) is 28.8. The molecule has 2 aromatic heterocycles. The Morgan fingerprint density at radius 2 is 2.02 bits per heavy atom. The number of rotatable bonds is 10. The molecule has 0 aliphatic carbocycles. The standard InChI is InChI=1S/C32H36FN5O2S/c1-4-37(5-2)21-22-12-13-23(35-20-22)14-17-28-25-16-15-24(19-29(25)38(36-28)30-11-6-7-18-40-30)41-31-26(32(39)34-3)9-8-10-27(31)33/h8-10,12-17,19-20,30H,4-7,11,18,21H2,1-3H3,(H,34,39)/b17-14+. The van der Waals surface area contributed by atoms with Crippen LogP contribution in [0.1, 0.15) is 66.6 Å². The van der Waals surface area contributed by atoms with E-state index in [1.807, 2.05) is 47.3 Å². The van der Waals surface area contributed by atoms with Gasteiger partial charge in [0.1, 0.15) is 5.82 Å². The Bertz CT molecular complexity index is 1530. The molecule has 1 aliphatic rings. The molecule has 9 heteroatoms. The zero-order valence-corrected chi connectivity index (χ0v) is 24.6. The molecule has 4 aromatic rings. The minimum Gasteiger partial charge on any atom is -0.356 e. The third kappa shape index (κ3) is 6.69. The van der Waals surface area contributed by atoms with Gasteiger partial charge in [-0.1, -0.05) is 37.7 Å². The van der Waals surface area contributed by atoms with E-state index in [9.17, 15) is 9.18 Å². The second-order valence-electron chi connectivity index (χ2n) is 10.0. The Labute approximate surface area is 244 Å².